The summed E-state index contributed by atoms with van der Waals surface area (Å²) in [5, 5.41) is 0.0618. The lowest BCUT2D eigenvalue weighted by Crippen LogP contribution is -1.97. The van der Waals surface area contributed by atoms with E-state index >= 15 is 0 Å². The topological polar surface area (TPSA) is 69.2 Å². The summed E-state index contributed by atoms with van der Waals surface area (Å²) >= 11 is 5.62. The molecule has 2 rings (SSSR count). The second-order valence-electron chi connectivity index (χ2n) is 3.51. The van der Waals surface area contributed by atoms with Gasteiger partial charge < -0.3 is 4.74 Å². The number of sulfone groups is 1. The highest BCUT2D eigenvalue weighted by Crippen LogP contribution is 2.22. The molecular formula is C11H9ClN2O3S. The standard InChI is InChI=1S/C11H9ClN2O3S/c1-18(15,16)9-4-2-3-8(7-9)17-10-5-6-13-11(12)14-10/h2-7H,1H3. The molecule has 2 aromatic rings. The van der Waals surface area contributed by atoms with Crippen LogP contribution in [0.4, 0.5) is 0 Å². The van der Waals surface area contributed by atoms with Crippen LogP contribution >= 0.6 is 11.6 Å². The van der Waals surface area contributed by atoms with Gasteiger partial charge in [0.2, 0.25) is 11.2 Å². The molecule has 0 N–H and O–H groups in total. The monoisotopic (exact) mass is 284 g/mol. The largest absolute Gasteiger partial charge is 0.439 e. The molecule has 0 atom stereocenters. The van der Waals surface area contributed by atoms with Crippen LogP contribution in [0.5, 0.6) is 11.6 Å². The Balaban J connectivity index is 2.30. The molecule has 1 heterocycles. The lowest BCUT2D eigenvalue weighted by molar-refractivity contribution is 0.460. The fourth-order valence-electron chi connectivity index (χ4n) is 1.27. The van der Waals surface area contributed by atoms with Gasteiger partial charge in [-0.05, 0) is 29.8 Å². The van der Waals surface area contributed by atoms with Crippen LogP contribution in [0.1, 0.15) is 0 Å². The number of hydrogen-bond acceptors (Lipinski definition) is 5. The average molecular weight is 285 g/mol. The van der Waals surface area contributed by atoms with Crippen molar-refractivity contribution in [2.45, 2.75) is 4.90 Å². The summed E-state index contributed by atoms with van der Waals surface area (Å²) in [5.74, 6) is 0.619. The van der Waals surface area contributed by atoms with Crippen LogP contribution in [0.2, 0.25) is 5.28 Å². The molecule has 7 heteroatoms. The van der Waals surface area contributed by atoms with Crippen molar-refractivity contribution < 1.29 is 13.2 Å². The number of benzene rings is 1. The molecule has 0 spiro atoms. The number of rotatable bonds is 3. The van der Waals surface area contributed by atoms with Gasteiger partial charge in [0.25, 0.3) is 0 Å². The molecular weight excluding hydrogens is 276 g/mol. The van der Waals surface area contributed by atoms with E-state index in [-0.39, 0.29) is 16.1 Å². The van der Waals surface area contributed by atoms with Gasteiger partial charge in [-0.2, -0.15) is 4.98 Å². The molecule has 94 valence electrons. The highest BCUT2D eigenvalue weighted by atomic mass is 35.5. The third-order valence-electron chi connectivity index (χ3n) is 2.06. The minimum absolute atomic E-state index is 0.0618. The molecule has 0 saturated carbocycles. The first-order valence-electron chi connectivity index (χ1n) is 4.92. The van der Waals surface area contributed by atoms with Crippen LogP contribution in [0, 0.1) is 0 Å². The highest BCUT2D eigenvalue weighted by Gasteiger charge is 2.08. The van der Waals surface area contributed by atoms with Crippen LogP contribution in [-0.4, -0.2) is 24.6 Å². The Labute approximate surface area is 109 Å². The van der Waals surface area contributed by atoms with E-state index < -0.39 is 9.84 Å². The average Bonchev–Trinajstić information content (AvgIpc) is 2.28. The maximum absolute atomic E-state index is 11.4. The van der Waals surface area contributed by atoms with Crippen LogP contribution in [0.3, 0.4) is 0 Å². The highest BCUT2D eigenvalue weighted by molar-refractivity contribution is 7.90. The number of aromatic nitrogens is 2. The van der Waals surface area contributed by atoms with E-state index in [1.54, 1.807) is 12.1 Å². The minimum atomic E-state index is -3.26. The van der Waals surface area contributed by atoms with E-state index in [4.69, 9.17) is 16.3 Å². The quantitative estimate of drug-likeness (QED) is 0.809. The van der Waals surface area contributed by atoms with Crippen molar-refractivity contribution in [1.29, 1.82) is 0 Å². The van der Waals surface area contributed by atoms with Gasteiger partial charge in [0.1, 0.15) is 5.75 Å². The van der Waals surface area contributed by atoms with Crippen LogP contribution in [-0.2, 0) is 9.84 Å². The smallest absolute Gasteiger partial charge is 0.225 e. The number of hydrogen-bond donors (Lipinski definition) is 0. The minimum Gasteiger partial charge on any atom is -0.439 e. The first kappa shape index (κ1) is 12.8. The Hall–Kier alpha value is -1.66. The zero-order chi connectivity index (χ0) is 13.2. The van der Waals surface area contributed by atoms with Crippen LogP contribution < -0.4 is 4.74 Å². The molecule has 18 heavy (non-hydrogen) atoms. The number of ether oxygens (including phenoxy) is 1. The maximum atomic E-state index is 11.4. The Morgan fingerprint density at radius 2 is 2.06 bits per heavy atom. The van der Waals surface area contributed by atoms with Gasteiger partial charge in [-0.25, -0.2) is 13.4 Å². The van der Waals surface area contributed by atoms with E-state index in [2.05, 4.69) is 9.97 Å². The molecule has 0 aliphatic carbocycles. The lowest BCUT2D eigenvalue weighted by atomic mass is 10.3. The van der Waals surface area contributed by atoms with Gasteiger partial charge in [0.15, 0.2) is 9.84 Å². The molecule has 0 fully saturated rings. The second-order valence-corrected chi connectivity index (χ2v) is 5.87. The molecule has 1 aromatic heterocycles. The van der Waals surface area contributed by atoms with Crippen LogP contribution in [0.25, 0.3) is 0 Å². The summed E-state index contributed by atoms with van der Waals surface area (Å²) in [7, 11) is -3.26. The van der Waals surface area contributed by atoms with Crippen molar-refractivity contribution >= 4 is 21.4 Å². The molecule has 0 aliphatic rings. The molecule has 0 saturated heterocycles. The van der Waals surface area contributed by atoms with Gasteiger partial charge in [-0.1, -0.05) is 6.07 Å². The Morgan fingerprint density at radius 1 is 1.28 bits per heavy atom. The lowest BCUT2D eigenvalue weighted by Gasteiger charge is -2.05. The normalized spacial score (nSPS) is 11.2. The van der Waals surface area contributed by atoms with Crippen molar-refractivity contribution in [3.8, 4) is 11.6 Å². The zero-order valence-corrected chi connectivity index (χ0v) is 10.9. The molecule has 0 unspecified atom stereocenters. The summed E-state index contributed by atoms with van der Waals surface area (Å²) < 4.78 is 28.2. The summed E-state index contributed by atoms with van der Waals surface area (Å²) in [6.07, 6.45) is 2.58. The fraction of sp³-hybridized carbons (Fsp3) is 0.0909. The molecule has 1 aromatic carbocycles. The Bertz CT molecular complexity index is 673. The molecule has 0 amide bonds. The molecule has 0 radical (unpaired) electrons. The van der Waals surface area contributed by atoms with Crippen molar-refractivity contribution in [1.82, 2.24) is 9.97 Å². The zero-order valence-electron chi connectivity index (χ0n) is 9.37. The maximum Gasteiger partial charge on any atom is 0.225 e. The molecule has 5 nitrogen and oxygen atoms in total. The summed E-state index contributed by atoms with van der Waals surface area (Å²) in [4.78, 5) is 7.74. The van der Waals surface area contributed by atoms with E-state index in [0.29, 0.717) is 5.75 Å². The predicted octanol–water partition coefficient (Wildman–Crippen LogP) is 2.33. The Morgan fingerprint density at radius 3 is 2.72 bits per heavy atom. The van der Waals surface area contributed by atoms with E-state index in [0.717, 1.165) is 6.26 Å². The van der Waals surface area contributed by atoms with Gasteiger partial charge >= 0.3 is 0 Å². The Kier molecular flexibility index (Phi) is 3.49. The van der Waals surface area contributed by atoms with Crippen molar-refractivity contribution in [3.63, 3.8) is 0 Å². The number of halogens is 1. The van der Waals surface area contributed by atoms with Gasteiger partial charge in [0, 0.05) is 18.5 Å². The first-order chi connectivity index (χ1) is 8.45. The second kappa shape index (κ2) is 4.91. The van der Waals surface area contributed by atoms with Crippen molar-refractivity contribution in [3.05, 3.63) is 41.8 Å². The third kappa shape index (κ3) is 3.18. The third-order valence-corrected chi connectivity index (χ3v) is 3.35. The summed E-state index contributed by atoms with van der Waals surface area (Å²) in [6, 6.07) is 7.67. The fourth-order valence-corrected chi connectivity index (χ4v) is 2.06. The summed E-state index contributed by atoms with van der Waals surface area (Å²) in [6.45, 7) is 0. The number of nitrogens with zero attached hydrogens (tertiary/aromatic N) is 2. The van der Waals surface area contributed by atoms with Gasteiger partial charge in [-0.15, -0.1) is 0 Å². The van der Waals surface area contributed by atoms with E-state index in [9.17, 15) is 8.42 Å². The van der Waals surface area contributed by atoms with E-state index in [1.165, 1.54) is 24.4 Å². The summed E-state index contributed by atoms with van der Waals surface area (Å²) in [5.41, 5.74) is 0. The SMILES string of the molecule is CS(=O)(=O)c1cccc(Oc2ccnc(Cl)n2)c1. The molecule has 0 aliphatic heterocycles. The van der Waals surface area contributed by atoms with Gasteiger partial charge in [-0.3, -0.25) is 0 Å². The van der Waals surface area contributed by atoms with Crippen molar-refractivity contribution in [2.24, 2.45) is 0 Å². The predicted molar refractivity (Wildman–Crippen MR) is 66.7 cm³/mol. The van der Waals surface area contributed by atoms with Crippen molar-refractivity contribution in [2.75, 3.05) is 6.26 Å². The van der Waals surface area contributed by atoms with Gasteiger partial charge in [0.05, 0.1) is 4.90 Å². The van der Waals surface area contributed by atoms with E-state index in [1.807, 2.05) is 0 Å². The molecule has 0 bridgehead atoms. The first-order valence-corrected chi connectivity index (χ1v) is 7.18. The van der Waals surface area contributed by atoms with Crippen LogP contribution in [0.15, 0.2) is 41.4 Å².